The van der Waals surface area contributed by atoms with Gasteiger partial charge in [-0.25, -0.2) is 0 Å². The van der Waals surface area contributed by atoms with Gasteiger partial charge in [-0.3, -0.25) is 9.69 Å². The molecule has 0 aliphatic carbocycles. The van der Waals surface area contributed by atoms with Crippen LogP contribution in [0.2, 0.25) is 0 Å². The summed E-state index contributed by atoms with van der Waals surface area (Å²) in [6, 6.07) is 8.18. The van der Waals surface area contributed by atoms with Crippen molar-refractivity contribution >= 4 is 17.2 Å². The lowest BCUT2D eigenvalue weighted by Crippen LogP contribution is -2.60. The van der Waals surface area contributed by atoms with E-state index in [-0.39, 0.29) is 17.0 Å². The SMILES string of the molecule is CC1CC2CCN1CC2NC(=O)c1ccc(Oc2cc(C(F)(F)F)cs2)cc1. The fraction of sp³-hybridized carbons (Fsp3) is 0.450. The summed E-state index contributed by atoms with van der Waals surface area (Å²) in [5.74, 6) is 0.783. The quantitative estimate of drug-likeness (QED) is 0.789. The van der Waals surface area contributed by atoms with Crippen LogP contribution < -0.4 is 10.1 Å². The Hall–Kier alpha value is -2.06. The van der Waals surface area contributed by atoms with Gasteiger partial charge in [0, 0.05) is 35.6 Å². The number of carbonyl (C=O) groups is 1. The number of ether oxygens (including phenoxy) is 1. The summed E-state index contributed by atoms with van der Waals surface area (Å²) < 4.78 is 43.4. The second-order valence-electron chi connectivity index (χ2n) is 7.49. The van der Waals surface area contributed by atoms with Crippen molar-refractivity contribution in [2.45, 2.75) is 38.0 Å². The molecule has 1 aromatic carbocycles. The highest BCUT2D eigenvalue weighted by Gasteiger charge is 2.38. The summed E-state index contributed by atoms with van der Waals surface area (Å²) in [5, 5.41) is 4.31. The van der Waals surface area contributed by atoms with E-state index in [2.05, 4.69) is 17.1 Å². The van der Waals surface area contributed by atoms with Crippen molar-refractivity contribution in [1.82, 2.24) is 10.2 Å². The molecule has 1 amide bonds. The van der Waals surface area contributed by atoms with E-state index in [0.717, 1.165) is 48.7 Å². The highest BCUT2D eigenvalue weighted by Crippen LogP contribution is 2.37. The fourth-order valence-corrected chi connectivity index (χ4v) is 4.80. The molecule has 4 nitrogen and oxygen atoms in total. The number of hydrogen-bond acceptors (Lipinski definition) is 4. The zero-order valence-electron chi connectivity index (χ0n) is 15.3. The second-order valence-corrected chi connectivity index (χ2v) is 8.36. The van der Waals surface area contributed by atoms with Gasteiger partial charge in [0.25, 0.3) is 5.91 Å². The number of fused-ring (bicyclic) bond motifs is 3. The Morgan fingerprint density at radius 3 is 2.61 bits per heavy atom. The van der Waals surface area contributed by atoms with Crippen LogP contribution in [0.15, 0.2) is 35.7 Å². The van der Waals surface area contributed by atoms with Crippen molar-refractivity contribution in [3.63, 3.8) is 0 Å². The Morgan fingerprint density at radius 1 is 1.29 bits per heavy atom. The minimum atomic E-state index is -4.38. The molecule has 4 atom stereocenters. The molecule has 2 aromatic rings. The largest absolute Gasteiger partial charge is 0.447 e. The first-order chi connectivity index (χ1) is 13.3. The van der Waals surface area contributed by atoms with Crippen molar-refractivity contribution in [3.8, 4) is 10.8 Å². The predicted molar refractivity (Wildman–Crippen MR) is 101 cm³/mol. The number of nitrogens with one attached hydrogen (secondary N) is 1. The van der Waals surface area contributed by atoms with Crippen LogP contribution in [0.3, 0.4) is 0 Å². The van der Waals surface area contributed by atoms with Gasteiger partial charge in [-0.15, -0.1) is 11.3 Å². The van der Waals surface area contributed by atoms with Gasteiger partial charge >= 0.3 is 6.18 Å². The molecule has 3 fully saturated rings. The van der Waals surface area contributed by atoms with E-state index in [1.807, 2.05) is 0 Å². The third kappa shape index (κ3) is 4.03. The average Bonchev–Trinajstić information content (AvgIpc) is 3.12. The summed E-state index contributed by atoms with van der Waals surface area (Å²) >= 11 is 0.886. The lowest BCUT2D eigenvalue weighted by molar-refractivity contribution is -0.137. The molecule has 3 saturated heterocycles. The van der Waals surface area contributed by atoms with Gasteiger partial charge in [-0.1, -0.05) is 0 Å². The Kier molecular flexibility index (Phi) is 5.09. The van der Waals surface area contributed by atoms with Gasteiger partial charge in [0.15, 0.2) is 5.06 Å². The van der Waals surface area contributed by atoms with E-state index in [1.165, 1.54) is 0 Å². The summed E-state index contributed by atoms with van der Waals surface area (Å²) in [4.78, 5) is 15.0. The highest BCUT2D eigenvalue weighted by molar-refractivity contribution is 7.12. The van der Waals surface area contributed by atoms with Gasteiger partial charge in [0.05, 0.1) is 5.56 Å². The van der Waals surface area contributed by atoms with Crippen LogP contribution in [-0.2, 0) is 6.18 Å². The minimum absolute atomic E-state index is 0.131. The van der Waals surface area contributed by atoms with Crippen LogP contribution in [0.1, 0.15) is 35.7 Å². The summed E-state index contributed by atoms with van der Waals surface area (Å²) in [6.07, 6.45) is -2.16. The topological polar surface area (TPSA) is 41.6 Å². The Labute approximate surface area is 165 Å². The molecule has 1 N–H and O–H groups in total. The van der Waals surface area contributed by atoms with Gasteiger partial charge in [-0.2, -0.15) is 13.2 Å². The molecule has 3 aliphatic heterocycles. The summed E-state index contributed by atoms with van der Waals surface area (Å²) in [7, 11) is 0. The smallest absolute Gasteiger partial charge is 0.417 e. The summed E-state index contributed by atoms with van der Waals surface area (Å²) in [5.41, 5.74) is -0.214. The van der Waals surface area contributed by atoms with Crippen molar-refractivity contribution in [2.24, 2.45) is 5.92 Å². The van der Waals surface area contributed by atoms with Crippen LogP contribution in [0, 0.1) is 5.92 Å². The Bertz CT molecular complexity index is 850. The van der Waals surface area contributed by atoms with Crippen LogP contribution in [0.4, 0.5) is 13.2 Å². The van der Waals surface area contributed by atoms with Crippen LogP contribution >= 0.6 is 11.3 Å². The van der Waals surface area contributed by atoms with E-state index >= 15 is 0 Å². The van der Waals surface area contributed by atoms with E-state index in [1.54, 1.807) is 24.3 Å². The number of hydrogen-bond donors (Lipinski definition) is 1. The zero-order chi connectivity index (χ0) is 19.9. The Balaban J connectivity index is 1.36. The number of piperidine rings is 3. The third-order valence-electron chi connectivity index (χ3n) is 5.61. The molecule has 5 rings (SSSR count). The maximum atomic E-state index is 12.7. The fourth-order valence-electron chi connectivity index (χ4n) is 4.02. The molecule has 0 saturated carbocycles. The minimum Gasteiger partial charge on any atom is -0.447 e. The zero-order valence-corrected chi connectivity index (χ0v) is 16.1. The molecule has 4 heterocycles. The number of amides is 1. The van der Waals surface area contributed by atoms with Crippen LogP contribution in [0.25, 0.3) is 0 Å². The van der Waals surface area contributed by atoms with Crippen molar-refractivity contribution < 1.29 is 22.7 Å². The highest BCUT2D eigenvalue weighted by atomic mass is 32.1. The standard InChI is InChI=1S/C20H21F3N2O2S/c1-12-8-14-6-7-25(12)10-17(14)24-19(26)13-2-4-16(5-3-13)27-18-9-15(11-28-18)20(21,22)23/h2-5,9,11-12,14,17H,6-8,10H2,1H3,(H,24,26). The van der Waals surface area contributed by atoms with E-state index in [9.17, 15) is 18.0 Å². The Morgan fingerprint density at radius 2 is 2.04 bits per heavy atom. The number of benzene rings is 1. The normalized spacial score (nSPS) is 26.9. The lowest BCUT2D eigenvalue weighted by Gasteiger charge is -2.48. The number of nitrogens with zero attached hydrogens (tertiary/aromatic N) is 1. The molecule has 0 radical (unpaired) electrons. The van der Waals surface area contributed by atoms with Gasteiger partial charge in [0.1, 0.15) is 5.75 Å². The van der Waals surface area contributed by atoms with Crippen molar-refractivity contribution in [2.75, 3.05) is 13.1 Å². The number of carbonyl (C=O) groups excluding carboxylic acids is 1. The predicted octanol–water partition coefficient (Wildman–Crippen LogP) is 4.77. The van der Waals surface area contributed by atoms with Crippen LogP contribution in [-0.4, -0.2) is 36.0 Å². The molecule has 1 aromatic heterocycles. The first kappa shape index (κ1) is 19.3. The molecule has 4 unspecified atom stereocenters. The second kappa shape index (κ2) is 7.40. The van der Waals surface area contributed by atoms with E-state index in [0.29, 0.717) is 23.3 Å². The van der Waals surface area contributed by atoms with Gasteiger partial charge in [0.2, 0.25) is 0 Å². The number of rotatable bonds is 4. The van der Waals surface area contributed by atoms with Crippen molar-refractivity contribution in [1.29, 1.82) is 0 Å². The molecule has 0 spiro atoms. The molecule has 8 heteroatoms. The van der Waals surface area contributed by atoms with Crippen molar-refractivity contribution in [3.05, 3.63) is 46.8 Å². The number of alkyl halides is 3. The van der Waals surface area contributed by atoms with Crippen LogP contribution in [0.5, 0.6) is 10.8 Å². The molecular formula is C20H21F3N2O2S. The molecule has 3 aliphatic rings. The lowest BCUT2D eigenvalue weighted by atomic mass is 9.80. The molecule has 150 valence electrons. The first-order valence-corrected chi connectivity index (χ1v) is 10.2. The monoisotopic (exact) mass is 410 g/mol. The average molecular weight is 410 g/mol. The number of thiophene rings is 1. The molecule has 2 bridgehead atoms. The third-order valence-corrected chi connectivity index (χ3v) is 6.41. The molecule has 28 heavy (non-hydrogen) atoms. The molecular weight excluding hydrogens is 389 g/mol. The maximum Gasteiger partial charge on any atom is 0.417 e. The summed E-state index contributed by atoms with van der Waals surface area (Å²) in [6.45, 7) is 4.22. The van der Waals surface area contributed by atoms with E-state index in [4.69, 9.17) is 4.74 Å². The maximum absolute atomic E-state index is 12.7. The number of halogens is 3. The first-order valence-electron chi connectivity index (χ1n) is 9.28. The van der Waals surface area contributed by atoms with E-state index < -0.39 is 11.7 Å². The van der Waals surface area contributed by atoms with Gasteiger partial charge < -0.3 is 10.1 Å². The van der Waals surface area contributed by atoms with Gasteiger partial charge in [-0.05, 0) is 56.5 Å².